The molecule has 0 unspecified atom stereocenters. The summed E-state index contributed by atoms with van der Waals surface area (Å²) in [5.74, 6) is 1.64. The van der Waals surface area contributed by atoms with Gasteiger partial charge in [0.15, 0.2) is 17.3 Å². The van der Waals surface area contributed by atoms with Crippen LogP contribution < -0.4 is 19.7 Å². The number of hydrogen-bond acceptors (Lipinski definition) is 5. The fourth-order valence-electron chi connectivity index (χ4n) is 4.42. The second-order valence-electron chi connectivity index (χ2n) is 8.16. The number of ether oxygens (including phenoxy) is 2. The van der Waals surface area contributed by atoms with Gasteiger partial charge in [-0.3, -0.25) is 0 Å². The highest BCUT2D eigenvalue weighted by Gasteiger charge is 2.22. The number of carbonyl (C=O) groups is 1. The van der Waals surface area contributed by atoms with Gasteiger partial charge in [0.2, 0.25) is 0 Å². The van der Waals surface area contributed by atoms with Crippen molar-refractivity contribution in [1.82, 2.24) is 14.3 Å². The zero-order chi connectivity index (χ0) is 23.7. The number of amides is 2. The highest BCUT2D eigenvalue weighted by atomic mass is 19.1. The average molecular weight is 464 g/mol. The number of benzene rings is 2. The van der Waals surface area contributed by atoms with Gasteiger partial charge in [-0.25, -0.2) is 14.2 Å². The Morgan fingerprint density at radius 1 is 0.971 bits per heavy atom. The van der Waals surface area contributed by atoms with Crippen LogP contribution in [0, 0.1) is 5.82 Å². The van der Waals surface area contributed by atoms with Crippen LogP contribution in [0.4, 0.5) is 20.7 Å². The molecule has 1 N–H and O–H groups in total. The SMILES string of the molecule is COc1ccc(NC(=O)N2CCCN(c3nc4cc(F)ccc4n4cccc34)CC2)cc1OC. The number of fused-ring (bicyclic) bond motifs is 3. The molecule has 1 saturated heterocycles. The Balaban J connectivity index is 1.34. The van der Waals surface area contributed by atoms with E-state index in [1.807, 2.05) is 22.7 Å². The third kappa shape index (κ3) is 4.05. The average Bonchev–Trinajstić information content (AvgIpc) is 3.21. The first-order chi connectivity index (χ1) is 16.6. The van der Waals surface area contributed by atoms with E-state index in [0.29, 0.717) is 42.3 Å². The van der Waals surface area contributed by atoms with E-state index in [9.17, 15) is 9.18 Å². The minimum Gasteiger partial charge on any atom is -0.493 e. The summed E-state index contributed by atoms with van der Waals surface area (Å²) < 4.78 is 26.5. The maximum absolute atomic E-state index is 13.9. The summed E-state index contributed by atoms with van der Waals surface area (Å²) in [6.45, 7) is 2.52. The van der Waals surface area contributed by atoms with Gasteiger partial charge in [-0.15, -0.1) is 0 Å². The molecule has 9 heteroatoms. The smallest absolute Gasteiger partial charge is 0.321 e. The Labute approximate surface area is 196 Å². The first-order valence-corrected chi connectivity index (χ1v) is 11.2. The molecule has 34 heavy (non-hydrogen) atoms. The fourth-order valence-corrected chi connectivity index (χ4v) is 4.42. The lowest BCUT2D eigenvalue weighted by Crippen LogP contribution is -2.38. The number of halogens is 1. The lowest BCUT2D eigenvalue weighted by molar-refractivity contribution is 0.215. The first kappa shape index (κ1) is 21.8. The summed E-state index contributed by atoms with van der Waals surface area (Å²) in [6, 6.07) is 13.7. The molecule has 3 heterocycles. The third-order valence-corrected chi connectivity index (χ3v) is 6.12. The molecule has 2 amide bonds. The van der Waals surface area contributed by atoms with Crippen LogP contribution in [0.5, 0.6) is 11.5 Å². The van der Waals surface area contributed by atoms with Crippen LogP contribution in [-0.4, -0.2) is 60.7 Å². The summed E-state index contributed by atoms with van der Waals surface area (Å²) in [5, 5.41) is 2.95. The van der Waals surface area contributed by atoms with E-state index >= 15 is 0 Å². The van der Waals surface area contributed by atoms with E-state index in [2.05, 4.69) is 10.2 Å². The van der Waals surface area contributed by atoms with Gasteiger partial charge in [0, 0.05) is 50.2 Å². The van der Waals surface area contributed by atoms with Crippen molar-refractivity contribution in [3.8, 4) is 11.5 Å². The van der Waals surface area contributed by atoms with Crippen LogP contribution in [0.15, 0.2) is 54.7 Å². The Hall–Kier alpha value is -4.01. The molecule has 0 bridgehead atoms. The Morgan fingerprint density at radius 2 is 1.82 bits per heavy atom. The minimum atomic E-state index is -0.314. The van der Waals surface area contributed by atoms with E-state index in [0.717, 1.165) is 29.8 Å². The van der Waals surface area contributed by atoms with Crippen LogP contribution in [0.3, 0.4) is 0 Å². The number of carbonyl (C=O) groups excluding carboxylic acids is 1. The molecule has 8 nitrogen and oxygen atoms in total. The van der Waals surface area contributed by atoms with E-state index in [1.165, 1.54) is 12.1 Å². The van der Waals surface area contributed by atoms with Crippen molar-refractivity contribution < 1.29 is 18.7 Å². The molecular formula is C25H26FN5O3. The molecule has 176 valence electrons. The van der Waals surface area contributed by atoms with Crippen LogP contribution in [-0.2, 0) is 0 Å². The second-order valence-corrected chi connectivity index (χ2v) is 8.16. The number of hydrogen-bond donors (Lipinski definition) is 1. The van der Waals surface area contributed by atoms with Gasteiger partial charge in [0.1, 0.15) is 5.82 Å². The van der Waals surface area contributed by atoms with Crippen molar-refractivity contribution in [3.63, 3.8) is 0 Å². The molecule has 0 aliphatic carbocycles. The third-order valence-electron chi connectivity index (χ3n) is 6.12. The van der Waals surface area contributed by atoms with Gasteiger partial charge in [-0.05, 0) is 42.8 Å². The quantitative estimate of drug-likeness (QED) is 0.486. The molecule has 1 aliphatic rings. The molecule has 1 aliphatic heterocycles. The van der Waals surface area contributed by atoms with Gasteiger partial charge < -0.3 is 29.0 Å². The molecule has 4 aromatic rings. The van der Waals surface area contributed by atoms with Crippen LogP contribution in [0.1, 0.15) is 6.42 Å². The topological polar surface area (TPSA) is 71.3 Å². The van der Waals surface area contributed by atoms with Crippen molar-refractivity contribution in [3.05, 3.63) is 60.5 Å². The standard InChI is InChI=1S/C25H26FN5O3/c1-33-22-9-7-18(16-23(22)34-2)27-25(32)30-11-4-10-29(13-14-30)24-21-5-3-12-31(21)20-8-6-17(26)15-19(20)28-24/h3,5-9,12,15-16H,4,10-11,13-14H2,1-2H3,(H,27,32). The number of aromatic nitrogens is 2. The lowest BCUT2D eigenvalue weighted by Gasteiger charge is -2.24. The molecule has 2 aromatic carbocycles. The molecule has 5 rings (SSSR count). The molecular weight excluding hydrogens is 437 g/mol. The van der Waals surface area contributed by atoms with Crippen LogP contribution in [0.2, 0.25) is 0 Å². The van der Waals surface area contributed by atoms with E-state index in [-0.39, 0.29) is 11.8 Å². The van der Waals surface area contributed by atoms with Gasteiger partial charge >= 0.3 is 6.03 Å². The van der Waals surface area contributed by atoms with Gasteiger partial charge in [0.05, 0.1) is 30.8 Å². The maximum atomic E-state index is 13.9. The second kappa shape index (κ2) is 9.09. The monoisotopic (exact) mass is 463 g/mol. The van der Waals surface area contributed by atoms with Crippen molar-refractivity contribution in [2.75, 3.05) is 50.6 Å². The predicted octanol–water partition coefficient (Wildman–Crippen LogP) is 4.39. The zero-order valence-corrected chi connectivity index (χ0v) is 19.1. The largest absolute Gasteiger partial charge is 0.493 e. The summed E-state index contributed by atoms with van der Waals surface area (Å²) in [4.78, 5) is 21.7. The fraction of sp³-hybridized carbons (Fsp3) is 0.280. The molecule has 0 radical (unpaired) electrons. The summed E-state index contributed by atoms with van der Waals surface area (Å²) >= 11 is 0. The van der Waals surface area contributed by atoms with E-state index < -0.39 is 0 Å². The van der Waals surface area contributed by atoms with Crippen molar-refractivity contribution in [1.29, 1.82) is 0 Å². The van der Waals surface area contributed by atoms with Crippen molar-refractivity contribution in [2.24, 2.45) is 0 Å². The number of rotatable bonds is 4. The maximum Gasteiger partial charge on any atom is 0.321 e. The Kier molecular flexibility index (Phi) is 5.83. The minimum absolute atomic E-state index is 0.171. The van der Waals surface area contributed by atoms with Gasteiger partial charge in [0.25, 0.3) is 0 Å². The molecule has 2 aromatic heterocycles. The number of urea groups is 1. The highest BCUT2D eigenvalue weighted by Crippen LogP contribution is 2.30. The summed E-state index contributed by atoms with van der Waals surface area (Å²) in [6.07, 6.45) is 2.75. The van der Waals surface area contributed by atoms with Crippen molar-refractivity contribution >= 4 is 34.1 Å². The first-order valence-electron chi connectivity index (χ1n) is 11.2. The number of nitrogens with one attached hydrogen (secondary N) is 1. The Morgan fingerprint density at radius 3 is 2.65 bits per heavy atom. The van der Waals surface area contributed by atoms with Gasteiger partial charge in [-0.2, -0.15) is 0 Å². The van der Waals surface area contributed by atoms with E-state index in [4.69, 9.17) is 14.5 Å². The lowest BCUT2D eigenvalue weighted by atomic mass is 10.2. The van der Waals surface area contributed by atoms with Gasteiger partial charge in [-0.1, -0.05) is 0 Å². The highest BCUT2D eigenvalue weighted by molar-refractivity contribution is 5.90. The molecule has 1 fully saturated rings. The van der Waals surface area contributed by atoms with Crippen molar-refractivity contribution in [2.45, 2.75) is 6.42 Å². The Bertz CT molecular complexity index is 1360. The normalized spacial score (nSPS) is 14.3. The van der Waals surface area contributed by atoms with E-state index in [1.54, 1.807) is 43.4 Å². The van der Waals surface area contributed by atoms with Crippen LogP contribution in [0.25, 0.3) is 16.6 Å². The molecule has 0 saturated carbocycles. The predicted molar refractivity (Wildman–Crippen MR) is 130 cm³/mol. The summed E-state index contributed by atoms with van der Waals surface area (Å²) in [5.41, 5.74) is 3.06. The summed E-state index contributed by atoms with van der Waals surface area (Å²) in [7, 11) is 3.13. The number of methoxy groups -OCH3 is 2. The number of nitrogens with zero attached hydrogens (tertiary/aromatic N) is 4. The molecule has 0 spiro atoms. The number of anilines is 2. The molecule has 0 atom stereocenters. The van der Waals surface area contributed by atoms with Crippen LogP contribution >= 0.6 is 0 Å². The zero-order valence-electron chi connectivity index (χ0n) is 19.1.